The third-order valence-electron chi connectivity index (χ3n) is 2.02. The van der Waals surface area contributed by atoms with Crippen LogP contribution in [0, 0.1) is 0 Å². The molecule has 74 valence electrons. The van der Waals surface area contributed by atoms with Gasteiger partial charge in [-0.25, -0.2) is 0 Å². The van der Waals surface area contributed by atoms with Crippen molar-refractivity contribution in [2.24, 2.45) is 0 Å². The minimum atomic E-state index is 0.799. The summed E-state index contributed by atoms with van der Waals surface area (Å²) in [5.74, 6) is 0.846. The van der Waals surface area contributed by atoms with E-state index in [4.69, 9.17) is 16.3 Å². The van der Waals surface area contributed by atoms with E-state index in [-0.39, 0.29) is 0 Å². The lowest BCUT2D eigenvalue weighted by atomic mass is 10.2. The molecule has 0 aliphatic rings. The smallest absolute Gasteiger partial charge is 0.119 e. The monoisotopic (exact) mass is 290 g/mol. The van der Waals surface area contributed by atoms with Gasteiger partial charge < -0.3 is 4.74 Å². The predicted molar refractivity (Wildman–Crippen MR) is 66.0 cm³/mol. The van der Waals surface area contributed by atoms with Gasteiger partial charge in [-0.05, 0) is 18.2 Å². The Morgan fingerprint density at radius 2 is 2.29 bits per heavy atom. The first-order chi connectivity index (χ1) is 6.76. The maximum Gasteiger partial charge on any atom is 0.119 e. The molecule has 0 fully saturated rings. The summed E-state index contributed by atoms with van der Waals surface area (Å²) in [6, 6.07) is 5.96. The molecule has 0 saturated heterocycles. The molecule has 0 bridgehead atoms. The van der Waals surface area contributed by atoms with Crippen LogP contribution in [0.4, 0.5) is 0 Å². The number of hydrogen-bond acceptors (Lipinski definition) is 2. The molecular weight excluding hydrogens is 284 g/mol. The molecule has 0 N–H and O–H groups in total. The van der Waals surface area contributed by atoms with E-state index >= 15 is 0 Å². The van der Waals surface area contributed by atoms with Crippen molar-refractivity contribution in [3.05, 3.63) is 28.1 Å². The van der Waals surface area contributed by atoms with Crippen LogP contribution in [0.15, 0.2) is 18.2 Å². The number of halogens is 2. The second kappa shape index (κ2) is 4.09. The number of alkyl halides is 1. The topological polar surface area (TPSA) is 9.23 Å². The highest BCUT2D eigenvalue weighted by Crippen LogP contribution is 2.38. The van der Waals surface area contributed by atoms with E-state index in [1.54, 1.807) is 18.4 Å². The number of hydrogen-bond donors (Lipinski definition) is 0. The lowest BCUT2D eigenvalue weighted by Gasteiger charge is -1.98. The van der Waals surface area contributed by atoms with Gasteiger partial charge in [-0.1, -0.05) is 27.5 Å². The van der Waals surface area contributed by atoms with E-state index in [1.165, 1.54) is 4.70 Å². The van der Waals surface area contributed by atoms with Crippen molar-refractivity contribution >= 4 is 49.0 Å². The maximum atomic E-state index is 6.21. The average Bonchev–Trinajstić information content (AvgIpc) is 2.55. The van der Waals surface area contributed by atoms with Gasteiger partial charge in [0.05, 0.1) is 12.1 Å². The minimum absolute atomic E-state index is 0.799. The fraction of sp³-hybridized carbons (Fsp3) is 0.200. The number of rotatable bonds is 2. The van der Waals surface area contributed by atoms with Gasteiger partial charge in [-0.2, -0.15) is 0 Å². The summed E-state index contributed by atoms with van der Waals surface area (Å²) in [7, 11) is 1.66. The molecule has 0 aliphatic heterocycles. The highest BCUT2D eigenvalue weighted by Gasteiger charge is 2.09. The third kappa shape index (κ3) is 1.64. The van der Waals surface area contributed by atoms with Gasteiger partial charge >= 0.3 is 0 Å². The Labute approximate surface area is 99.8 Å². The van der Waals surface area contributed by atoms with Crippen LogP contribution in [-0.4, -0.2) is 7.11 Å². The van der Waals surface area contributed by atoms with Crippen LogP contribution in [0.1, 0.15) is 4.88 Å². The van der Waals surface area contributed by atoms with Crippen molar-refractivity contribution < 1.29 is 4.74 Å². The molecule has 0 saturated carbocycles. The number of fused-ring (bicyclic) bond motifs is 1. The second-order valence-electron chi connectivity index (χ2n) is 2.83. The first-order valence-corrected chi connectivity index (χ1v) is 6.38. The van der Waals surface area contributed by atoms with Crippen molar-refractivity contribution in [2.75, 3.05) is 7.11 Å². The van der Waals surface area contributed by atoms with Gasteiger partial charge in [-0.15, -0.1) is 11.3 Å². The van der Waals surface area contributed by atoms with Crippen molar-refractivity contribution in [1.82, 2.24) is 0 Å². The molecule has 0 radical (unpaired) electrons. The van der Waals surface area contributed by atoms with Crippen LogP contribution in [0.5, 0.6) is 5.75 Å². The van der Waals surface area contributed by atoms with Gasteiger partial charge in [0.2, 0.25) is 0 Å². The molecule has 1 nitrogen and oxygen atoms in total. The normalized spacial score (nSPS) is 10.8. The first kappa shape index (κ1) is 10.3. The average molecular weight is 292 g/mol. The van der Waals surface area contributed by atoms with Crippen LogP contribution < -0.4 is 4.74 Å². The summed E-state index contributed by atoms with van der Waals surface area (Å²) >= 11 is 11.3. The molecule has 0 atom stereocenters. The van der Waals surface area contributed by atoms with Crippen molar-refractivity contribution in [3.8, 4) is 5.75 Å². The fourth-order valence-electron chi connectivity index (χ4n) is 1.31. The number of thiophene rings is 1. The van der Waals surface area contributed by atoms with E-state index in [0.29, 0.717) is 0 Å². The van der Waals surface area contributed by atoms with E-state index in [9.17, 15) is 0 Å². The maximum absolute atomic E-state index is 6.21. The van der Waals surface area contributed by atoms with Gasteiger partial charge in [0.15, 0.2) is 0 Å². The molecule has 0 aliphatic carbocycles. The largest absolute Gasteiger partial charge is 0.497 e. The summed E-state index contributed by atoms with van der Waals surface area (Å²) in [5.41, 5.74) is 0. The number of ether oxygens (including phenoxy) is 1. The molecule has 0 spiro atoms. The van der Waals surface area contributed by atoms with Crippen LogP contribution >= 0.6 is 38.9 Å². The standard InChI is InChI=1S/C10H8BrClOS/c1-13-6-2-3-8-7(4-6)10(12)9(5-11)14-8/h2-4H,5H2,1H3. The van der Waals surface area contributed by atoms with E-state index in [2.05, 4.69) is 15.9 Å². The van der Waals surface area contributed by atoms with Crippen LogP contribution in [0.3, 0.4) is 0 Å². The molecule has 2 rings (SSSR count). The van der Waals surface area contributed by atoms with Crippen LogP contribution in [0.25, 0.3) is 10.1 Å². The molecule has 0 unspecified atom stereocenters. The zero-order valence-electron chi connectivity index (χ0n) is 7.51. The molecular formula is C10H8BrClOS. The summed E-state index contributed by atoms with van der Waals surface area (Å²) in [5, 5.41) is 2.71. The fourth-order valence-corrected chi connectivity index (χ4v) is 3.42. The number of benzene rings is 1. The van der Waals surface area contributed by atoms with Gasteiger partial charge in [0, 0.05) is 20.3 Å². The Morgan fingerprint density at radius 3 is 2.93 bits per heavy atom. The van der Waals surface area contributed by atoms with Gasteiger partial charge in [0.1, 0.15) is 5.75 Å². The lowest BCUT2D eigenvalue weighted by molar-refractivity contribution is 0.415. The van der Waals surface area contributed by atoms with Crippen LogP contribution in [0.2, 0.25) is 5.02 Å². The zero-order chi connectivity index (χ0) is 10.1. The lowest BCUT2D eigenvalue weighted by Crippen LogP contribution is -1.80. The Bertz CT molecular complexity index is 466. The quantitative estimate of drug-likeness (QED) is 0.742. The Hall–Kier alpha value is -0.250. The number of methoxy groups -OCH3 is 1. The molecule has 1 aromatic carbocycles. The Balaban J connectivity index is 2.68. The highest BCUT2D eigenvalue weighted by molar-refractivity contribution is 9.08. The van der Waals surface area contributed by atoms with Gasteiger partial charge in [0.25, 0.3) is 0 Å². The van der Waals surface area contributed by atoms with Crippen molar-refractivity contribution in [2.45, 2.75) is 5.33 Å². The molecule has 2 aromatic rings. The Kier molecular flexibility index (Phi) is 3.00. The van der Waals surface area contributed by atoms with E-state index in [0.717, 1.165) is 26.4 Å². The summed E-state index contributed by atoms with van der Waals surface area (Å²) < 4.78 is 6.35. The SMILES string of the molecule is COc1ccc2sc(CBr)c(Cl)c2c1. The molecule has 1 heterocycles. The minimum Gasteiger partial charge on any atom is -0.497 e. The summed E-state index contributed by atoms with van der Waals surface area (Å²) in [6.07, 6.45) is 0. The summed E-state index contributed by atoms with van der Waals surface area (Å²) in [6.45, 7) is 0. The predicted octanol–water partition coefficient (Wildman–Crippen LogP) is 4.46. The molecule has 14 heavy (non-hydrogen) atoms. The zero-order valence-corrected chi connectivity index (χ0v) is 10.7. The van der Waals surface area contributed by atoms with E-state index in [1.807, 2.05) is 18.2 Å². The third-order valence-corrected chi connectivity index (χ3v) is 4.67. The van der Waals surface area contributed by atoms with E-state index < -0.39 is 0 Å². The molecule has 0 amide bonds. The molecule has 4 heteroatoms. The van der Waals surface area contributed by atoms with Crippen molar-refractivity contribution in [1.29, 1.82) is 0 Å². The summed E-state index contributed by atoms with van der Waals surface area (Å²) in [4.78, 5) is 1.16. The van der Waals surface area contributed by atoms with Crippen molar-refractivity contribution in [3.63, 3.8) is 0 Å². The first-order valence-electron chi connectivity index (χ1n) is 4.07. The molecule has 1 aromatic heterocycles. The Morgan fingerprint density at radius 1 is 1.50 bits per heavy atom. The van der Waals surface area contributed by atoms with Gasteiger partial charge in [-0.3, -0.25) is 0 Å². The highest BCUT2D eigenvalue weighted by atomic mass is 79.9. The second-order valence-corrected chi connectivity index (χ2v) is 4.91. The van der Waals surface area contributed by atoms with Crippen LogP contribution in [-0.2, 0) is 5.33 Å².